The highest BCUT2D eigenvalue weighted by atomic mass is 16.2. The number of carbonyl (C=O) groups excluding carboxylic acids is 1. The largest absolute Gasteiger partial charge is 0.340 e. The van der Waals surface area contributed by atoms with Crippen LogP contribution in [0.15, 0.2) is 12.4 Å². The number of aromatic nitrogens is 2. The van der Waals surface area contributed by atoms with Crippen LogP contribution in [0.4, 0.5) is 0 Å². The van der Waals surface area contributed by atoms with Gasteiger partial charge < -0.3 is 14.4 Å². The zero-order valence-electron chi connectivity index (χ0n) is 9.89. The maximum atomic E-state index is 12.0. The molecule has 1 aromatic rings. The van der Waals surface area contributed by atoms with Gasteiger partial charge in [-0.2, -0.15) is 0 Å². The molecule has 2 heterocycles. The molecule has 0 N–H and O–H groups in total. The van der Waals surface area contributed by atoms with Crippen molar-refractivity contribution in [1.82, 2.24) is 19.4 Å². The van der Waals surface area contributed by atoms with Gasteiger partial charge in [0, 0.05) is 45.6 Å². The lowest BCUT2D eigenvalue weighted by molar-refractivity contribution is -0.132. The zero-order chi connectivity index (χ0) is 11.5. The molecule has 1 aliphatic rings. The molecule has 5 heteroatoms. The van der Waals surface area contributed by atoms with Crippen LogP contribution in [0.1, 0.15) is 5.82 Å². The van der Waals surface area contributed by atoms with E-state index >= 15 is 0 Å². The van der Waals surface area contributed by atoms with Crippen molar-refractivity contribution in [3.63, 3.8) is 0 Å². The molecule has 0 aromatic carbocycles. The van der Waals surface area contributed by atoms with Gasteiger partial charge in [-0.25, -0.2) is 4.98 Å². The summed E-state index contributed by atoms with van der Waals surface area (Å²) in [5.41, 5.74) is 0. The van der Waals surface area contributed by atoms with Crippen LogP contribution in [-0.4, -0.2) is 58.5 Å². The van der Waals surface area contributed by atoms with Crippen molar-refractivity contribution in [2.45, 2.75) is 6.42 Å². The van der Waals surface area contributed by atoms with Gasteiger partial charge in [-0.15, -0.1) is 0 Å². The van der Waals surface area contributed by atoms with E-state index in [1.165, 1.54) is 0 Å². The molecule has 1 saturated heterocycles. The first kappa shape index (κ1) is 11.1. The number of imidazole rings is 1. The van der Waals surface area contributed by atoms with Crippen LogP contribution in [0, 0.1) is 0 Å². The van der Waals surface area contributed by atoms with Gasteiger partial charge in [0.15, 0.2) is 0 Å². The van der Waals surface area contributed by atoms with Gasteiger partial charge in [0.25, 0.3) is 0 Å². The van der Waals surface area contributed by atoms with Crippen LogP contribution in [0.5, 0.6) is 0 Å². The summed E-state index contributed by atoms with van der Waals surface area (Å²) in [7, 11) is 4.00. The number of piperazine rings is 1. The molecule has 16 heavy (non-hydrogen) atoms. The lowest BCUT2D eigenvalue weighted by Crippen LogP contribution is -2.47. The van der Waals surface area contributed by atoms with Gasteiger partial charge >= 0.3 is 0 Å². The Bertz CT molecular complexity index is 366. The topological polar surface area (TPSA) is 41.4 Å². The highest BCUT2D eigenvalue weighted by Gasteiger charge is 2.19. The maximum Gasteiger partial charge on any atom is 0.230 e. The molecule has 0 aliphatic carbocycles. The summed E-state index contributed by atoms with van der Waals surface area (Å²) in [5, 5.41) is 0. The Morgan fingerprint density at radius 1 is 1.31 bits per heavy atom. The predicted molar refractivity (Wildman–Crippen MR) is 61.0 cm³/mol. The van der Waals surface area contributed by atoms with Crippen LogP contribution >= 0.6 is 0 Å². The molecule has 2 rings (SSSR count). The molecule has 0 spiro atoms. The van der Waals surface area contributed by atoms with E-state index in [9.17, 15) is 4.79 Å². The summed E-state index contributed by atoms with van der Waals surface area (Å²) in [6.07, 6.45) is 4.01. The normalized spacial score (nSPS) is 17.8. The van der Waals surface area contributed by atoms with E-state index in [0.29, 0.717) is 6.42 Å². The molecule has 88 valence electrons. The average Bonchev–Trinajstić information content (AvgIpc) is 2.65. The molecule has 0 atom stereocenters. The quantitative estimate of drug-likeness (QED) is 0.692. The van der Waals surface area contributed by atoms with Crippen molar-refractivity contribution in [2.24, 2.45) is 7.05 Å². The van der Waals surface area contributed by atoms with E-state index in [1.807, 2.05) is 22.7 Å². The standard InChI is InChI=1S/C11H18N4O/c1-13-5-7-15(8-6-13)11(16)9-10-12-3-4-14(10)2/h3-4H,5-9H2,1-2H3. The van der Waals surface area contributed by atoms with E-state index in [4.69, 9.17) is 0 Å². The molecular formula is C11H18N4O. The van der Waals surface area contributed by atoms with E-state index in [1.54, 1.807) is 6.20 Å². The van der Waals surface area contributed by atoms with Crippen molar-refractivity contribution in [2.75, 3.05) is 33.2 Å². The summed E-state index contributed by atoms with van der Waals surface area (Å²) < 4.78 is 1.90. The molecule has 1 amide bonds. The van der Waals surface area contributed by atoms with Crippen molar-refractivity contribution in [3.05, 3.63) is 18.2 Å². The van der Waals surface area contributed by atoms with Crippen molar-refractivity contribution >= 4 is 5.91 Å². The van der Waals surface area contributed by atoms with Crippen LogP contribution in [0.25, 0.3) is 0 Å². The van der Waals surface area contributed by atoms with E-state index in [0.717, 1.165) is 32.0 Å². The summed E-state index contributed by atoms with van der Waals surface area (Å²) in [4.78, 5) is 20.3. The van der Waals surface area contributed by atoms with Crippen LogP contribution in [0.3, 0.4) is 0 Å². The summed E-state index contributed by atoms with van der Waals surface area (Å²) >= 11 is 0. The molecular weight excluding hydrogens is 204 g/mol. The lowest BCUT2D eigenvalue weighted by Gasteiger charge is -2.32. The Hall–Kier alpha value is -1.36. The third-order valence-electron chi connectivity index (χ3n) is 3.09. The van der Waals surface area contributed by atoms with Crippen molar-refractivity contribution in [3.8, 4) is 0 Å². The van der Waals surface area contributed by atoms with Gasteiger partial charge in [0.2, 0.25) is 5.91 Å². The third-order valence-corrected chi connectivity index (χ3v) is 3.09. The van der Waals surface area contributed by atoms with Crippen LogP contribution in [0.2, 0.25) is 0 Å². The molecule has 5 nitrogen and oxygen atoms in total. The Kier molecular flexibility index (Phi) is 3.24. The second-order valence-electron chi connectivity index (χ2n) is 4.32. The van der Waals surface area contributed by atoms with Crippen molar-refractivity contribution < 1.29 is 4.79 Å². The molecule has 0 unspecified atom stereocenters. The Labute approximate surface area is 95.7 Å². The van der Waals surface area contributed by atoms with Crippen LogP contribution < -0.4 is 0 Å². The van der Waals surface area contributed by atoms with E-state index < -0.39 is 0 Å². The fourth-order valence-corrected chi connectivity index (χ4v) is 1.87. The molecule has 0 radical (unpaired) electrons. The number of amides is 1. The fraction of sp³-hybridized carbons (Fsp3) is 0.636. The smallest absolute Gasteiger partial charge is 0.230 e. The number of likely N-dealkylation sites (N-methyl/N-ethyl adjacent to an activating group) is 1. The second-order valence-corrected chi connectivity index (χ2v) is 4.32. The van der Waals surface area contributed by atoms with Gasteiger partial charge in [0.1, 0.15) is 5.82 Å². The monoisotopic (exact) mass is 222 g/mol. The summed E-state index contributed by atoms with van der Waals surface area (Å²) in [5.74, 6) is 1.02. The first-order valence-electron chi connectivity index (χ1n) is 5.59. The van der Waals surface area contributed by atoms with Gasteiger partial charge in [-0.3, -0.25) is 4.79 Å². The van der Waals surface area contributed by atoms with Gasteiger partial charge in [-0.05, 0) is 7.05 Å². The van der Waals surface area contributed by atoms with Gasteiger partial charge in [0.05, 0.1) is 6.42 Å². The van der Waals surface area contributed by atoms with Gasteiger partial charge in [-0.1, -0.05) is 0 Å². The number of carbonyl (C=O) groups is 1. The third kappa shape index (κ3) is 2.41. The summed E-state index contributed by atoms with van der Waals surface area (Å²) in [6.45, 7) is 3.60. The minimum atomic E-state index is 0.183. The molecule has 1 aromatic heterocycles. The predicted octanol–water partition coefficient (Wildman–Crippen LogP) is -0.263. The average molecular weight is 222 g/mol. The molecule has 0 bridgehead atoms. The number of rotatable bonds is 2. The Morgan fingerprint density at radius 3 is 2.56 bits per heavy atom. The minimum absolute atomic E-state index is 0.183. The lowest BCUT2D eigenvalue weighted by atomic mass is 10.3. The Morgan fingerprint density at radius 2 is 2.00 bits per heavy atom. The van der Waals surface area contributed by atoms with Crippen LogP contribution in [-0.2, 0) is 18.3 Å². The number of aryl methyl sites for hydroxylation is 1. The first-order chi connectivity index (χ1) is 7.66. The molecule has 1 aliphatic heterocycles. The first-order valence-corrected chi connectivity index (χ1v) is 5.59. The molecule has 1 fully saturated rings. The number of hydrogen-bond donors (Lipinski definition) is 0. The maximum absolute atomic E-state index is 12.0. The number of nitrogens with zero attached hydrogens (tertiary/aromatic N) is 4. The second kappa shape index (κ2) is 4.65. The molecule has 0 saturated carbocycles. The van der Waals surface area contributed by atoms with E-state index in [2.05, 4.69) is 16.9 Å². The zero-order valence-corrected chi connectivity index (χ0v) is 9.89. The SMILES string of the molecule is CN1CCN(C(=O)Cc2nccn2C)CC1. The highest BCUT2D eigenvalue weighted by Crippen LogP contribution is 2.04. The van der Waals surface area contributed by atoms with E-state index in [-0.39, 0.29) is 5.91 Å². The highest BCUT2D eigenvalue weighted by molar-refractivity contribution is 5.78. The number of hydrogen-bond acceptors (Lipinski definition) is 3. The van der Waals surface area contributed by atoms with Crippen molar-refractivity contribution in [1.29, 1.82) is 0 Å². The minimum Gasteiger partial charge on any atom is -0.340 e. The fourth-order valence-electron chi connectivity index (χ4n) is 1.87. The Balaban J connectivity index is 1.91. The summed E-state index contributed by atoms with van der Waals surface area (Å²) in [6, 6.07) is 0.